The quantitative estimate of drug-likeness (QED) is 0.221. The number of rotatable bonds is 8. The van der Waals surface area contributed by atoms with Gasteiger partial charge in [-0.25, -0.2) is 9.10 Å². The van der Waals surface area contributed by atoms with Gasteiger partial charge in [0.05, 0.1) is 0 Å². The van der Waals surface area contributed by atoms with E-state index in [2.05, 4.69) is 11.6 Å². The molecule has 2 amide bonds. The molecule has 0 heterocycles. The van der Waals surface area contributed by atoms with Crippen LogP contribution < -0.4 is 0 Å². The lowest BCUT2D eigenvalue weighted by atomic mass is 10.1. The van der Waals surface area contributed by atoms with Crippen LogP contribution in [0.4, 0.5) is 4.79 Å². The topological polar surface area (TPSA) is 59.0 Å². The van der Waals surface area contributed by atoms with Crippen LogP contribution in [0, 0.1) is 0 Å². The zero-order valence-electron chi connectivity index (χ0n) is 13.4. The smallest absolute Gasteiger partial charge is 0.435 e. The van der Waals surface area contributed by atoms with E-state index in [0.29, 0.717) is 6.42 Å². The minimum Gasteiger partial charge on any atom is -0.442 e. The number of amides is 2. The van der Waals surface area contributed by atoms with Gasteiger partial charge in [0, 0.05) is 12.7 Å². The number of hydrogen-bond acceptors (Lipinski definition) is 4. The molecule has 0 aromatic rings. The normalized spacial score (nSPS) is 11.4. The maximum atomic E-state index is 11.9. The maximum absolute atomic E-state index is 11.9. The van der Waals surface area contributed by atoms with Crippen LogP contribution in [0.2, 0.25) is 0 Å². The predicted molar refractivity (Wildman–Crippen MR) is 88.4 cm³/mol. The van der Waals surface area contributed by atoms with Crippen molar-refractivity contribution in [2.24, 2.45) is 4.99 Å². The van der Waals surface area contributed by atoms with E-state index in [1.807, 2.05) is 6.08 Å². The van der Waals surface area contributed by atoms with Crippen molar-refractivity contribution in [3.63, 3.8) is 0 Å². The molecule has 0 spiro atoms. The summed E-state index contributed by atoms with van der Waals surface area (Å²) < 4.78 is 6.40. The van der Waals surface area contributed by atoms with Gasteiger partial charge in [0.1, 0.15) is 11.9 Å². The van der Waals surface area contributed by atoms with E-state index in [-0.39, 0.29) is 5.91 Å². The third kappa shape index (κ3) is 11.1. The van der Waals surface area contributed by atoms with Gasteiger partial charge >= 0.3 is 6.09 Å². The van der Waals surface area contributed by atoms with Gasteiger partial charge in [0.2, 0.25) is 5.91 Å². The fourth-order valence-corrected chi connectivity index (χ4v) is 1.89. The summed E-state index contributed by atoms with van der Waals surface area (Å²) in [6.45, 7) is 8.96. The van der Waals surface area contributed by atoms with E-state index in [1.165, 1.54) is 22.6 Å². The molecule has 0 N–H and O–H groups in total. The van der Waals surface area contributed by atoms with Crippen LogP contribution in [0.25, 0.3) is 0 Å². The summed E-state index contributed by atoms with van der Waals surface area (Å²) in [4.78, 5) is 27.0. The first-order chi connectivity index (χ1) is 9.80. The van der Waals surface area contributed by atoms with Crippen LogP contribution >= 0.6 is 11.9 Å². The second-order valence-electron chi connectivity index (χ2n) is 5.52. The molecule has 0 atom stereocenters. The summed E-state index contributed by atoms with van der Waals surface area (Å²) in [6.07, 6.45) is 8.44. The number of unbranched alkanes of at least 4 members (excludes halogenated alkanes) is 3. The van der Waals surface area contributed by atoms with Crippen molar-refractivity contribution < 1.29 is 14.3 Å². The average Bonchev–Trinajstić information content (AvgIpc) is 2.37. The maximum Gasteiger partial charge on any atom is 0.435 e. The molecule has 0 aliphatic rings. The lowest BCUT2D eigenvalue weighted by Crippen LogP contribution is -2.25. The fourth-order valence-electron chi connectivity index (χ4n) is 1.45. The summed E-state index contributed by atoms with van der Waals surface area (Å²) in [7, 11) is 0. The number of hydrogen-bond donors (Lipinski definition) is 0. The Balaban J connectivity index is 4.21. The highest BCUT2D eigenvalue weighted by molar-refractivity contribution is 7.97. The van der Waals surface area contributed by atoms with Gasteiger partial charge in [0.25, 0.3) is 0 Å². The zero-order chi connectivity index (χ0) is 16.3. The fraction of sp³-hybridized carbons (Fsp3) is 0.667. The summed E-state index contributed by atoms with van der Waals surface area (Å²) in [5.74, 6) is -0.0617. The second-order valence-corrected chi connectivity index (χ2v) is 6.27. The molecule has 120 valence electrons. The van der Waals surface area contributed by atoms with Crippen molar-refractivity contribution in [2.45, 2.75) is 58.5 Å². The molecule has 0 aliphatic heterocycles. The van der Waals surface area contributed by atoms with Gasteiger partial charge in [0.15, 0.2) is 0 Å². The highest BCUT2D eigenvalue weighted by Crippen LogP contribution is 2.11. The first-order valence-electron chi connectivity index (χ1n) is 7.04. The van der Waals surface area contributed by atoms with Gasteiger partial charge in [-0.05, 0) is 52.0 Å². The van der Waals surface area contributed by atoms with Gasteiger partial charge in [-0.1, -0.05) is 12.5 Å². The second kappa shape index (κ2) is 10.4. The van der Waals surface area contributed by atoms with E-state index < -0.39 is 11.7 Å². The molecular formula is C15H26N2O3S. The Hall–Kier alpha value is -1.30. The molecular weight excluding hydrogens is 288 g/mol. The third-order valence-electron chi connectivity index (χ3n) is 2.40. The molecule has 0 fully saturated rings. The van der Waals surface area contributed by atoms with Crippen LogP contribution in [0.5, 0.6) is 0 Å². The van der Waals surface area contributed by atoms with Crippen molar-refractivity contribution in [1.82, 2.24) is 4.31 Å². The Labute approximate surface area is 132 Å². The highest BCUT2D eigenvalue weighted by atomic mass is 32.2. The lowest BCUT2D eigenvalue weighted by Gasteiger charge is -2.18. The van der Waals surface area contributed by atoms with Crippen molar-refractivity contribution in [2.75, 3.05) is 6.26 Å². The van der Waals surface area contributed by atoms with Crippen molar-refractivity contribution >= 4 is 30.3 Å². The van der Waals surface area contributed by atoms with E-state index in [9.17, 15) is 9.59 Å². The highest BCUT2D eigenvalue weighted by Gasteiger charge is 2.16. The molecule has 0 saturated carbocycles. The molecule has 21 heavy (non-hydrogen) atoms. The standard InChI is InChI=1S/C15H26N2O3S/c1-6-7-8-9-10-11-13(18)17(21-5)12-16-14(19)20-15(2,3)4/h6,12H,1,7-11H2,2-5H3/b16-12-. The largest absolute Gasteiger partial charge is 0.442 e. The first-order valence-corrected chi connectivity index (χ1v) is 8.22. The summed E-state index contributed by atoms with van der Waals surface area (Å²) in [6, 6.07) is 0. The van der Waals surface area contributed by atoms with Gasteiger partial charge in [-0.15, -0.1) is 6.58 Å². The van der Waals surface area contributed by atoms with Crippen molar-refractivity contribution in [3.05, 3.63) is 12.7 Å². The molecule has 0 aromatic carbocycles. The summed E-state index contributed by atoms with van der Waals surface area (Å²) in [5, 5.41) is 0. The Kier molecular flexibility index (Phi) is 9.78. The zero-order valence-corrected chi connectivity index (χ0v) is 14.2. The summed E-state index contributed by atoms with van der Waals surface area (Å²) in [5.41, 5.74) is -0.590. The first kappa shape index (κ1) is 19.7. The molecule has 0 aliphatic carbocycles. The third-order valence-corrected chi connectivity index (χ3v) is 3.09. The number of carbonyl (C=O) groups is 2. The monoisotopic (exact) mass is 314 g/mol. The van der Waals surface area contributed by atoms with Gasteiger partial charge in [-0.2, -0.15) is 4.99 Å². The minimum absolute atomic E-state index is 0.0617. The van der Waals surface area contributed by atoms with Gasteiger partial charge in [-0.3, -0.25) is 4.79 Å². The van der Waals surface area contributed by atoms with E-state index in [4.69, 9.17) is 4.74 Å². The number of allylic oxidation sites excluding steroid dienone is 1. The number of carbonyl (C=O) groups excluding carboxylic acids is 2. The van der Waals surface area contributed by atoms with Crippen molar-refractivity contribution in [3.8, 4) is 0 Å². The van der Waals surface area contributed by atoms with Crippen LogP contribution in [-0.2, 0) is 9.53 Å². The Morgan fingerprint density at radius 3 is 2.48 bits per heavy atom. The predicted octanol–water partition coefficient (Wildman–Crippen LogP) is 4.19. The molecule has 6 heteroatoms. The Morgan fingerprint density at radius 2 is 1.95 bits per heavy atom. The lowest BCUT2D eigenvalue weighted by molar-refractivity contribution is -0.123. The number of ether oxygens (including phenoxy) is 1. The summed E-state index contributed by atoms with van der Waals surface area (Å²) >= 11 is 1.22. The Bertz CT molecular complexity index is 376. The average molecular weight is 314 g/mol. The molecule has 0 aromatic heterocycles. The van der Waals surface area contributed by atoms with Gasteiger partial charge < -0.3 is 4.74 Å². The molecule has 0 saturated heterocycles. The van der Waals surface area contributed by atoms with E-state index in [0.717, 1.165) is 25.7 Å². The molecule has 0 radical (unpaired) electrons. The van der Waals surface area contributed by atoms with Crippen LogP contribution in [0.3, 0.4) is 0 Å². The van der Waals surface area contributed by atoms with E-state index >= 15 is 0 Å². The van der Waals surface area contributed by atoms with Crippen LogP contribution in [0.15, 0.2) is 17.6 Å². The Morgan fingerprint density at radius 1 is 1.29 bits per heavy atom. The van der Waals surface area contributed by atoms with Crippen LogP contribution in [0.1, 0.15) is 52.9 Å². The van der Waals surface area contributed by atoms with E-state index in [1.54, 1.807) is 27.0 Å². The van der Waals surface area contributed by atoms with Crippen molar-refractivity contribution in [1.29, 1.82) is 0 Å². The minimum atomic E-state index is -0.694. The number of aliphatic imine (C=N–C) groups is 1. The number of nitrogens with zero attached hydrogens (tertiary/aromatic N) is 2. The molecule has 0 unspecified atom stereocenters. The molecule has 5 nitrogen and oxygen atoms in total. The molecule has 0 bridgehead atoms. The molecule has 0 rings (SSSR count). The van der Waals surface area contributed by atoms with Crippen LogP contribution in [-0.4, -0.2) is 34.5 Å². The SMILES string of the molecule is C=CCCCCCC(=O)N(/C=N\C(=O)OC(C)(C)C)SC.